The molecule has 0 radical (unpaired) electrons. The molecule has 0 amide bonds. The van der Waals surface area contributed by atoms with Crippen LogP contribution in [-0.2, 0) is 13.6 Å². The van der Waals surface area contributed by atoms with E-state index in [9.17, 15) is 0 Å². The smallest absolute Gasteiger partial charge is 0.0991 e. The van der Waals surface area contributed by atoms with E-state index in [-0.39, 0.29) is 0 Å². The maximum absolute atomic E-state index is 8.88. The van der Waals surface area contributed by atoms with Gasteiger partial charge in [-0.1, -0.05) is 0 Å². The number of aryl methyl sites for hydroxylation is 1. The van der Waals surface area contributed by atoms with Crippen LogP contribution in [0.4, 0.5) is 0 Å². The maximum Gasteiger partial charge on any atom is 0.0991 e. The summed E-state index contributed by atoms with van der Waals surface area (Å²) in [6.45, 7) is 0.784. The first kappa shape index (κ1) is 10.6. The number of benzene rings is 1. The van der Waals surface area contributed by atoms with Crippen LogP contribution in [0.25, 0.3) is 10.9 Å². The van der Waals surface area contributed by atoms with Crippen molar-refractivity contribution in [2.24, 2.45) is 7.05 Å². The lowest BCUT2D eigenvalue weighted by molar-refractivity contribution is 0.744. The Labute approximate surface area is 105 Å². The van der Waals surface area contributed by atoms with Gasteiger partial charge in [0.05, 0.1) is 30.2 Å². The third-order valence-corrected chi connectivity index (χ3v) is 3.15. The summed E-state index contributed by atoms with van der Waals surface area (Å²) in [6, 6.07) is 9.95. The van der Waals surface area contributed by atoms with E-state index in [1.807, 2.05) is 48.3 Å². The average Bonchev–Trinajstić information content (AvgIpc) is 2.97. The molecule has 1 aromatic carbocycles. The fourth-order valence-corrected chi connectivity index (χ4v) is 2.12. The van der Waals surface area contributed by atoms with Gasteiger partial charge in [0.1, 0.15) is 0 Å². The zero-order valence-electron chi connectivity index (χ0n) is 10.0. The first-order valence-electron chi connectivity index (χ1n) is 5.72. The van der Waals surface area contributed by atoms with Gasteiger partial charge < -0.3 is 9.13 Å². The Morgan fingerprint density at radius 2 is 2.22 bits per heavy atom. The minimum Gasteiger partial charge on any atom is -0.341 e. The van der Waals surface area contributed by atoms with E-state index in [0.717, 1.165) is 23.1 Å². The lowest BCUT2D eigenvalue weighted by Gasteiger charge is -2.06. The van der Waals surface area contributed by atoms with Crippen molar-refractivity contribution in [1.82, 2.24) is 14.1 Å². The topological polar surface area (TPSA) is 46.5 Å². The molecule has 4 nitrogen and oxygen atoms in total. The maximum atomic E-state index is 8.88. The molecule has 3 rings (SSSR count). The van der Waals surface area contributed by atoms with Crippen LogP contribution in [-0.4, -0.2) is 14.1 Å². The predicted octanol–water partition coefficient (Wildman–Crippen LogP) is 2.29. The zero-order valence-corrected chi connectivity index (χ0v) is 10.0. The molecular weight excluding hydrogens is 224 g/mol. The van der Waals surface area contributed by atoms with Gasteiger partial charge in [0.25, 0.3) is 0 Å². The van der Waals surface area contributed by atoms with Crippen LogP contribution >= 0.6 is 0 Å². The molecule has 0 N–H and O–H groups in total. The molecule has 18 heavy (non-hydrogen) atoms. The molecule has 3 aromatic rings. The Hall–Kier alpha value is -2.54. The summed E-state index contributed by atoms with van der Waals surface area (Å²) in [6.07, 6.45) is 5.71. The van der Waals surface area contributed by atoms with E-state index < -0.39 is 0 Å². The van der Waals surface area contributed by atoms with Crippen LogP contribution in [0, 0.1) is 11.3 Å². The van der Waals surface area contributed by atoms with Crippen LogP contribution in [0.15, 0.2) is 43.0 Å². The third kappa shape index (κ3) is 1.66. The van der Waals surface area contributed by atoms with Crippen molar-refractivity contribution < 1.29 is 0 Å². The summed E-state index contributed by atoms with van der Waals surface area (Å²) >= 11 is 0. The van der Waals surface area contributed by atoms with E-state index in [4.69, 9.17) is 5.26 Å². The van der Waals surface area contributed by atoms with Gasteiger partial charge in [-0.05, 0) is 24.3 Å². The molecule has 0 aliphatic heterocycles. The molecule has 0 aliphatic carbocycles. The van der Waals surface area contributed by atoms with E-state index in [2.05, 4.69) is 15.6 Å². The number of hydrogen-bond donors (Lipinski definition) is 0. The van der Waals surface area contributed by atoms with Crippen LogP contribution in [0.2, 0.25) is 0 Å². The number of hydrogen-bond acceptors (Lipinski definition) is 2. The lowest BCUT2D eigenvalue weighted by Crippen LogP contribution is -2.02. The molecule has 0 saturated heterocycles. The second kappa shape index (κ2) is 4.04. The summed E-state index contributed by atoms with van der Waals surface area (Å²) in [5.74, 6) is 0. The average molecular weight is 236 g/mol. The van der Waals surface area contributed by atoms with Gasteiger partial charge in [-0.3, -0.25) is 0 Å². The summed E-state index contributed by atoms with van der Waals surface area (Å²) in [5, 5.41) is 9.97. The van der Waals surface area contributed by atoms with Crippen LogP contribution < -0.4 is 0 Å². The Morgan fingerprint density at radius 3 is 2.94 bits per heavy atom. The van der Waals surface area contributed by atoms with E-state index >= 15 is 0 Å². The normalized spacial score (nSPS) is 10.7. The Bertz CT molecular complexity index is 743. The number of imidazole rings is 1. The second-order valence-corrected chi connectivity index (χ2v) is 4.32. The highest BCUT2D eigenvalue weighted by Crippen LogP contribution is 2.18. The second-order valence-electron chi connectivity index (χ2n) is 4.32. The molecule has 0 unspecified atom stereocenters. The summed E-state index contributed by atoms with van der Waals surface area (Å²) in [7, 11) is 1.99. The summed E-state index contributed by atoms with van der Waals surface area (Å²) < 4.78 is 4.17. The first-order valence-corrected chi connectivity index (χ1v) is 5.72. The van der Waals surface area contributed by atoms with E-state index in [1.54, 1.807) is 6.33 Å². The van der Waals surface area contributed by atoms with Gasteiger partial charge in [0.15, 0.2) is 0 Å². The number of fused-ring (bicyclic) bond motifs is 1. The van der Waals surface area contributed by atoms with Gasteiger partial charge in [0, 0.05) is 30.3 Å². The van der Waals surface area contributed by atoms with Gasteiger partial charge in [-0.25, -0.2) is 4.98 Å². The molecule has 0 aliphatic rings. The van der Waals surface area contributed by atoms with Crippen LogP contribution in [0.1, 0.15) is 11.3 Å². The molecule has 0 bridgehead atoms. The molecular formula is C14H12N4. The fourth-order valence-electron chi connectivity index (χ4n) is 2.12. The van der Waals surface area contributed by atoms with Crippen molar-refractivity contribution in [3.63, 3.8) is 0 Å². The van der Waals surface area contributed by atoms with Gasteiger partial charge >= 0.3 is 0 Å². The third-order valence-electron chi connectivity index (χ3n) is 3.15. The molecule has 0 fully saturated rings. The Morgan fingerprint density at radius 1 is 1.33 bits per heavy atom. The zero-order chi connectivity index (χ0) is 12.5. The van der Waals surface area contributed by atoms with Crippen LogP contribution in [0.5, 0.6) is 0 Å². The van der Waals surface area contributed by atoms with Crippen molar-refractivity contribution in [1.29, 1.82) is 5.26 Å². The van der Waals surface area contributed by atoms with E-state index in [1.165, 1.54) is 0 Å². The van der Waals surface area contributed by atoms with Gasteiger partial charge in [-0.15, -0.1) is 0 Å². The van der Waals surface area contributed by atoms with Crippen molar-refractivity contribution in [3.8, 4) is 6.07 Å². The molecule has 2 aromatic heterocycles. The Kier molecular flexibility index (Phi) is 2.38. The molecule has 0 spiro atoms. The Balaban J connectivity index is 2.04. The van der Waals surface area contributed by atoms with Gasteiger partial charge in [-0.2, -0.15) is 5.26 Å². The quantitative estimate of drug-likeness (QED) is 0.685. The molecule has 0 atom stereocenters. The summed E-state index contributed by atoms with van der Waals surface area (Å²) in [5.41, 5.74) is 2.98. The SMILES string of the molecule is Cn1cncc1Cn1ccc2cc(C#N)ccc21. The number of rotatable bonds is 2. The van der Waals surface area contributed by atoms with Crippen molar-refractivity contribution in [2.45, 2.75) is 6.54 Å². The fraction of sp³-hybridized carbons (Fsp3) is 0.143. The lowest BCUT2D eigenvalue weighted by atomic mass is 10.2. The number of aromatic nitrogens is 3. The molecule has 2 heterocycles. The van der Waals surface area contributed by atoms with Crippen molar-refractivity contribution >= 4 is 10.9 Å². The minimum absolute atomic E-state index is 0.695. The highest BCUT2D eigenvalue weighted by Gasteiger charge is 2.04. The van der Waals surface area contributed by atoms with Crippen molar-refractivity contribution in [2.75, 3.05) is 0 Å². The highest BCUT2D eigenvalue weighted by molar-refractivity contribution is 5.81. The predicted molar refractivity (Wildman–Crippen MR) is 69.0 cm³/mol. The first-order chi connectivity index (χ1) is 8.78. The highest BCUT2D eigenvalue weighted by atomic mass is 15.1. The standard InChI is InChI=1S/C14H12N4/c1-17-10-16-8-13(17)9-18-5-4-12-6-11(7-15)2-3-14(12)18/h2-6,8,10H,9H2,1H3. The molecule has 0 saturated carbocycles. The number of nitrogens with zero attached hydrogens (tertiary/aromatic N) is 4. The minimum atomic E-state index is 0.695. The van der Waals surface area contributed by atoms with Crippen molar-refractivity contribution in [3.05, 3.63) is 54.2 Å². The monoisotopic (exact) mass is 236 g/mol. The largest absolute Gasteiger partial charge is 0.341 e. The number of nitriles is 1. The van der Waals surface area contributed by atoms with Crippen LogP contribution in [0.3, 0.4) is 0 Å². The molecule has 4 heteroatoms. The molecule has 88 valence electrons. The summed E-state index contributed by atoms with van der Waals surface area (Å²) in [4.78, 5) is 4.12. The van der Waals surface area contributed by atoms with E-state index in [0.29, 0.717) is 5.56 Å². The van der Waals surface area contributed by atoms with Gasteiger partial charge in [0.2, 0.25) is 0 Å².